The van der Waals surface area contributed by atoms with Gasteiger partial charge in [-0.1, -0.05) is 0 Å². The Balaban J connectivity index is 2.22. The highest BCUT2D eigenvalue weighted by atomic mass is 16.4. The molecule has 0 radical (unpaired) electrons. The highest BCUT2D eigenvalue weighted by Gasteiger charge is 2.56. The molecule has 2 aliphatic heterocycles. The topological polar surface area (TPSA) is 104 Å². The number of nitrogens with zero attached hydrogens (tertiary/aromatic N) is 1. The molecule has 0 aromatic rings. The summed E-state index contributed by atoms with van der Waals surface area (Å²) in [5.74, 6) is 0. The van der Waals surface area contributed by atoms with Crippen LogP contribution < -0.4 is 0 Å². The van der Waals surface area contributed by atoms with Crippen LogP contribution in [0.4, 0.5) is 0 Å². The Bertz CT molecular complexity index is 213. The lowest BCUT2D eigenvalue weighted by Crippen LogP contribution is -2.41. The number of hydrogen-bond donors (Lipinski definition) is 5. The summed E-state index contributed by atoms with van der Waals surface area (Å²) in [5.41, 5.74) is 0. The minimum atomic E-state index is -1.27. The average molecular weight is 191 g/mol. The second kappa shape index (κ2) is 2.88. The molecule has 0 bridgehead atoms. The SMILES string of the molecule is OC1CN2C(O)C(O)C(O)C2C1O. The Morgan fingerprint density at radius 2 is 1.46 bits per heavy atom. The molecular weight excluding hydrogens is 178 g/mol. The summed E-state index contributed by atoms with van der Waals surface area (Å²) >= 11 is 0. The maximum atomic E-state index is 9.40. The summed E-state index contributed by atoms with van der Waals surface area (Å²) in [7, 11) is 0. The maximum absolute atomic E-state index is 9.40. The third-order valence-corrected chi connectivity index (χ3v) is 2.87. The molecule has 6 nitrogen and oxygen atoms in total. The van der Waals surface area contributed by atoms with Crippen LogP contribution in [0.5, 0.6) is 0 Å². The van der Waals surface area contributed by atoms with Gasteiger partial charge in [-0.25, -0.2) is 0 Å². The molecule has 0 amide bonds. The minimum absolute atomic E-state index is 0.0706. The van der Waals surface area contributed by atoms with Crippen molar-refractivity contribution in [2.75, 3.05) is 6.54 Å². The van der Waals surface area contributed by atoms with E-state index >= 15 is 0 Å². The number of hydrogen-bond acceptors (Lipinski definition) is 6. The van der Waals surface area contributed by atoms with Gasteiger partial charge in [0.25, 0.3) is 0 Å². The predicted molar refractivity (Wildman–Crippen MR) is 40.5 cm³/mol. The van der Waals surface area contributed by atoms with Gasteiger partial charge in [-0.3, -0.25) is 4.90 Å². The summed E-state index contributed by atoms with van der Waals surface area (Å²) in [5, 5.41) is 46.6. The second-order valence-corrected chi connectivity index (χ2v) is 3.64. The Morgan fingerprint density at radius 3 is 2.00 bits per heavy atom. The molecule has 6 heteroatoms. The first-order valence-electron chi connectivity index (χ1n) is 4.20. The van der Waals surface area contributed by atoms with Gasteiger partial charge in [0.1, 0.15) is 18.4 Å². The molecule has 0 aromatic heterocycles. The highest BCUT2D eigenvalue weighted by Crippen LogP contribution is 2.32. The van der Waals surface area contributed by atoms with Crippen molar-refractivity contribution in [3.8, 4) is 0 Å². The van der Waals surface area contributed by atoms with Crippen LogP contribution in [0.2, 0.25) is 0 Å². The Hall–Kier alpha value is -0.240. The molecule has 0 aliphatic carbocycles. The van der Waals surface area contributed by atoms with E-state index in [1.165, 1.54) is 4.90 Å². The first kappa shape index (κ1) is 9.32. The third-order valence-electron chi connectivity index (χ3n) is 2.87. The molecule has 2 aliphatic rings. The van der Waals surface area contributed by atoms with Gasteiger partial charge in [-0.2, -0.15) is 0 Å². The van der Waals surface area contributed by atoms with E-state index in [0.717, 1.165) is 0 Å². The van der Waals surface area contributed by atoms with E-state index in [0.29, 0.717) is 0 Å². The van der Waals surface area contributed by atoms with E-state index in [1.54, 1.807) is 0 Å². The van der Waals surface area contributed by atoms with Gasteiger partial charge in [-0.15, -0.1) is 0 Å². The molecule has 6 unspecified atom stereocenters. The van der Waals surface area contributed by atoms with Gasteiger partial charge in [0.15, 0.2) is 0 Å². The van der Waals surface area contributed by atoms with E-state index in [1.807, 2.05) is 0 Å². The second-order valence-electron chi connectivity index (χ2n) is 3.64. The number of rotatable bonds is 0. The number of fused-ring (bicyclic) bond motifs is 1. The molecule has 0 spiro atoms. The molecule has 6 atom stereocenters. The van der Waals surface area contributed by atoms with E-state index in [9.17, 15) is 25.5 Å². The summed E-state index contributed by atoms with van der Waals surface area (Å²) < 4.78 is 0. The molecule has 2 heterocycles. The Morgan fingerprint density at radius 1 is 0.846 bits per heavy atom. The van der Waals surface area contributed by atoms with E-state index in [2.05, 4.69) is 0 Å². The molecule has 0 saturated carbocycles. The van der Waals surface area contributed by atoms with Crippen molar-refractivity contribution in [2.45, 2.75) is 36.7 Å². The monoisotopic (exact) mass is 191 g/mol. The first-order chi connectivity index (χ1) is 6.04. The normalized spacial score (nSPS) is 57.0. The number of aliphatic hydroxyl groups excluding tert-OH is 5. The van der Waals surface area contributed by atoms with E-state index in [-0.39, 0.29) is 6.54 Å². The van der Waals surface area contributed by atoms with E-state index in [4.69, 9.17) is 0 Å². The van der Waals surface area contributed by atoms with Crippen molar-refractivity contribution >= 4 is 0 Å². The molecule has 13 heavy (non-hydrogen) atoms. The highest BCUT2D eigenvalue weighted by molar-refractivity contribution is 5.06. The molecule has 76 valence electrons. The van der Waals surface area contributed by atoms with Crippen molar-refractivity contribution in [1.29, 1.82) is 0 Å². The fourth-order valence-corrected chi connectivity index (χ4v) is 2.13. The van der Waals surface area contributed by atoms with Gasteiger partial charge < -0.3 is 25.5 Å². The Kier molecular flexibility index (Phi) is 2.06. The van der Waals surface area contributed by atoms with Crippen molar-refractivity contribution in [3.05, 3.63) is 0 Å². The first-order valence-corrected chi connectivity index (χ1v) is 4.20. The van der Waals surface area contributed by atoms with Crippen molar-refractivity contribution in [2.24, 2.45) is 0 Å². The zero-order valence-electron chi connectivity index (χ0n) is 6.85. The standard InChI is InChI=1S/C7H13NO5/c9-2-1-8-3(4(2)10)5(11)6(12)7(8)13/h2-7,9-13H,1H2. The van der Waals surface area contributed by atoms with Crippen LogP contribution in [0.1, 0.15) is 0 Å². The zero-order chi connectivity index (χ0) is 9.75. The van der Waals surface area contributed by atoms with Gasteiger partial charge in [0, 0.05) is 6.54 Å². The average Bonchev–Trinajstić information content (AvgIpc) is 2.48. The van der Waals surface area contributed by atoms with Gasteiger partial charge in [-0.05, 0) is 0 Å². The zero-order valence-corrected chi connectivity index (χ0v) is 6.85. The summed E-state index contributed by atoms with van der Waals surface area (Å²) in [6, 6.07) is -0.764. The van der Waals surface area contributed by atoms with Crippen molar-refractivity contribution < 1.29 is 25.5 Å². The molecule has 2 rings (SSSR count). The number of aliphatic hydroxyl groups is 5. The van der Waals surface area contributed by atoms with Gasteiger partial charge >= 0.3 is 0 Å². The van der Waals surface area contributed by atoms with Crippen LogP contribution in [-0.2, 0) is 0 Å². The third kappa shape index (κ3) is 1.11. The van der Waals surface area contributed by atoms with Crippen LogP contribution >= 0.6 is 0 Å². The predicted octanol–water partition coefficient (Wildman–Crippen LogP) is -3.55. The van der Waals surface area contributed by atoms with E-state index < -0.39 is 36.7 Å². The van der Waals surface area contributed by atoms with Crippen LogP contribution in [0.3, 0.4) is 0 Å². The lowest BCUT2D eigenvalue weighted by atomic mass is 10.0. The molecule has 5 N–H and O–H groups in total. The lowest BCUT2D eigenvalue weighted by Gasteiger charge is -2.19. The van der Waals surface area contributed by atoms with Crippen molar-refractivity contribution in [1.82, 2.24) is 4.90 Å². The fraction of sp³-hybridized carbons (Fsp3) is 1.00. The van der Waals surface area contributed by atoms with Crippen molar-refractivity contribution in [3.63, 3.8) is 0 Å². The van der Waals surface area contributed by atoms with Gasteiger partial charge in [0.05, 0.1) is 18.2 Å². The van der Waals surface area contributed by atoms with Crippen LogP contribution in [-0.4, -0.2) is 73.7 Å². The van der Waals surface area contributed by atoms with Crippen LogP contribution in [0.25, 0.3) is 0 Å². The molecule has 0 aromatic carbocycles. The molecule has 2 fully saturated rings. The summed E-state index contributed by atoms with van der Waals surface area (Å²) in [4.78, 5) is 1.31. The quantitative estimate of drug-likeness (QED) is 0.271. The largest absolute Gasteiger partial charge is 0.389 e. The van der Waals surface area contributed by atoms with Crippen LogP contribution in [0, 0.1) is 0 Å². The minimum Gasteiger partial charge on any atom is -0.389 e. The van der Waals surface area contributed by atoms with Crippen LogP contribution in [0.15, 0.2) is 0 Å². The fourth-order valence-electron chi connectivity index (χ4n) is 2.13. The summed E-state index contributed by atoms with van der Waals surface area (Å²) in [6.45, 7) is 0.0706. The maximum Gasteiger partial charge on any atom is 0.136 e. The molecule has 2 saturated heterocycles. The van der Waals surface area contributed by atoms with Gasteiger partial charge in [0.2, 0.25) is 0 Å². The summed E-state index contributed by atoms with van der Waals surface area (Å²) in [6.07, 6.45) is -5.76. The Labute approximate surface area is 74.6 Å². The smallest absolute Gasteiger partial charge is 0.136 e. The lowest BCUT2D eigenvalue weighted by molar-refractivity contribution is -0.0634. The molecular formula is C7H13NO5.